The van der Waals surface area contributed by atoms with Gasteiger partial charge in [-0.2, -0.15) is 4.31 Å². The average Bonchev–Trinajstić information content (AvgIpc) is 2.82. The molecule has 24 heavy (non-hydrogen) atoms. The number of carbonyl (C=O) groups is 1. The van der Waals surface area contributed by atoms with E-state index in [1.807, 2.05) is 0 Å². The molecular weight excluding hydrogens is 328 g/mol. The highest BCUT2D eigenvalue weighted by molar-refractivity contribution is 7.89. The summed E-state index contributed by atoms with van der Waals surface area (Å²) < 4.78 is 32.7. The molecule has 0 radical (unpaired) electrons. The third-order valence-corrected chi connectivity index (χ3v) is 6.64. The molecule has 132 valence electrons. The number of sulfonamides is 1. The number of ether oxygens (including phenoxy) is 1. The first-order chi connectivity index (χ1) is 11.5. The Kier molecular flexibility index (Phi) is 5.10. The van der Waals surface area contributed by atoms with Gasteiger partial charge in [-0.05, 0) is 37.5 Å². The molecule has 0 bridgehead atoms. The predicted octanol–water partition coefficient (Wildman–Crippen LogP) is 2.11. The molecule has 0 N–H and O–H groups in total. The van der Waals surface area contributed by atoms with Crippen molar-refractivity contribution in [3.05, 3.63) is 23.8 Å². The Morgan fingerprint density at radius 3 is 2.21 bits per heavy atom. The molecule has 0 spiro atoms. The Bertz CT molecular complexity index is 705. The summed E-state index contributed by atoms with van der Waals surface area (Å²) in [6.07, 6.45) is 4.88. The maximum atomic E-state index is 12.9. The number of methoxy groups -OCH3 is 1. The van der Waals surface area contributed by atoms with Crippen LogP contribution in [-0.2, 0) is 10.0 Å². The molecule has 2 heterocycles. The summed E-state index contributed by atoms with van der Waals surface area (Å²) in [7, 11) is -2.08. The number of nitrogens with zero attached hydrogens (tertiary/aromatic N) is 2. The van der Waals surface area contributed by atoms with E-state index in [-0.39, 0.29) is 10.8 Å². The normalized spacial score (nSPS) is 19.5. The lowest BCUT2D eigenvalue weighted by Gasteiger charge is -2.31. The Morgan fingerprint density at radius 1 is 1.00 bits per heavy atom. The lowest BCUT2D eigenvalue weighted by Crippen LogP contribution is -2.42. The van der Waals surface area contributed by atoms with Crippen LogP contribution in [0.25, 0.3) is 0 Å². The van der Waals surface area contributed by atoms with Gasteiger partial charge in [-0.25, -0.2) is 8.42 Å². The van der Waals surface area contributed by atoms with Crippen LogP contribution in [-0.4, -0.2) is 56.8 Å². The van der Waals surface area contributed by atoms with E-state index in [0.29, 0.717) is 37.5 Å². The minimum Gasteiger partial charge on any atom is -0.496 e. The van der Waals surface area contributed by atoms with Crippen molar-refractivity contribution in [2.75, 3.05) is 33.3 Å². The van der Waals surface area contributed by atoms with E-state index in [1.165, 1.54) is 19.2 Å². The van der Waals surface area contributed by atoms with Crippen molar-refractivity contribution in [2.45, 2.75) is 37.0 Å². The molecular formula is C17H24N2O4S. The summed E-state index contributed by atoms with van der Waals surface area (Å²) in [5.41, 5.74) is 0.327. The van der Waals surface area contributed by atoms with Crippen molar-refractivity contribution >= 4 is 15.9 Å². The minimum absolute atomic E-state index is 0.161. The maximum Gasteiger partial charge on any atom is 0.257 e. The number of likely N-dealkylation sites (tertiary alicyclic amines) is 1. The number of hydrogen-bond donors (Lipinski definition) is 0. The van der Waals surface area contributed by atoms with Crippen LogP contribution in [0, 0.1) is 0 Å². The monoisotopic (exact) mass is 352 g/mol. The van der Waals surface area contributed by atoms with Crippen molar-refractivity contribution in [3.8, 4) is 5.75 Å². The number of benzene rings is 1. The van der Waals surface area contributed by atoms with Crippen molar-refractivity contribution in [3.63, 3.8) is 0 Å². The van der Waals surface area contributed by atoms with Crippen LogP contribution in [0.4, 0.5) is 0 Å². The number of carbonyl (C=O) groups excluding carboxylic acids is 1. The molecule has 6 nitrogen and oxygen atoms in total. The molecule has 2 aliphatic heterocycles. The van der Waals surface area contributed by atoms with Crippen LogP contribution in [0.5, 0.6) is 5.75 Å². The zero-order valence-corrected chi connectivity index (χ0v) is 14.8. The van der Waals surface area contributed by atoms with Gasteiger partial charge in [0.2, 0.25) is 10.0 Å². The van der Waals surface area contributed by atoms with Crippen molar-refractivity contribution < 1.29 is 17.9 Å². The first-order valence-corrected chi connectivity index (χ1v) is 9.95. The highest BCUT2D eigenvalue weighted by atomic mass is 32.2. The van der Waals surface area contributed by atoms with Crippen LogP contribution in [0.3, 0.4) is 0 Å². The Hall–Kier alpha value is -1.60. The molecule has 1 aromatic rings. The average molecular weight is 352 g/mol. The van der Waals surface area contributed by atoms with Gasteiger partial charge < -0.3 is 9.64 Å². The fourth-order valence-electron chi connectivity index (χ4n) is 3.14. The number of amides is 1. The van der Waals surface area contributed by atoms with Crippen molar-refractivity contribution in [2.24, 2.45) is 0 Å². The molecule has 2 saturated heterocycles. The summed E-state index contributed by atoms with van der Waals surface area (Å²) in [5, 5.41) is 0. The molecule has 0 aromatic heterocycles. The van der Waals surface area contributed by atoms with Crippen LogP contribution in [0.15, 0.2) is 23.1 Å². The van der Waals surface area contributed by atoms with E-state index in [2.05, 4.69) is 0 Å². The van der Waals surface area contributed by atoms with Gasteiger partial charge in [0.15, 0.2) is 0 Å². The zero-order chi connectivity index (χ0) is 17.2. The fourth-order valence-corrected chi connectivity index (χ4v) is 4.68. The van der Waals surface area contributed by atoms with E-state index < -0.39 is 10.0 Å². The van der Waals surface area contributed by atoms with Gasteiger partial charge >= 0.3 is 0 Å². The summed E-state index contributed by atoms with van der Waals surface area (Å²) >= 11 is 0. The van der Waals surface area contributed by atoms with Crippen LogP contribution in [0.1, 0.15) is 42.5 Å². The van der Waals surface area contributed by atoms with E-state index in [4.69, 9.17) is 4.74 Å². The molecule has 0 unspecified atom stereocenters. The Morgan fingerprint density at radius 2 is 1.67 bits per heavy atom. The summed E-state index contributed by atoms with van der Waals surface area (Å²) in [4.78, 5) is 14.4. The zero-order valence-electron chi connectivity index (χ0n) is 14.0. The van der Waals surface area contributed by atoms with E-state index in [0.717, 1.165) is 32.1 Å². The molecule has 2 fully saturated rings. The fraction of sp³-hybridized carbons (Fsp3) is 0.588. The third kappa shape index (κ3) is 3.28. The first kappa shape index (κ1) is 17.2. The minimum atomic E-state index is -3.57. The van der Waals surface area contributed by atoms with Gasteiger partial charge in [-0.15, -0.1) is 0 Å². The van der Waals surface area contributed by atoms with Gasteiger partial charge in [0.05, 0.1) is 17.6 Å². The van der Waals surface area contributed by atoms with E-state index in [9.17, 15) is 13.2 Å². The van der Waals surface area contributed by atoms with Crippen LogP contribution in [0.2, 0.25) is 0 Å². The van der Waals surface area contributed by atoms with E-state index >= 15 is 0 Å². The van der Waals surface area contributed by atoms with Crippen molar-refractivity contribution in [1.29, 1.82) is 0 Å². The number of hydrogen-bond acceptors (Lipinski definition) is 4. The van der Waals surface area contributed by atoms with E-state index in [1.54, 1.807) is 15.3 Å². The molecule has 2 aliphatic rings. The molecule has 7 heteroatoms. The molecule has 3 rings (SSSR count). The first-order valence-electron chi connectivity index (χ1n) is 8.51. The predicted molar refractivity (Wildman–Crippen MR) is 90.7 cm³/mol. The smallest absolute Gasteiger partial charge is 0.257 e. The molecule has 0 atom stereocenters. The second kappa shape index (κ2) is 7.11. The van der Waals surface area contributed by atoms with Gasteiger partial charge in [0, 0.05) is 26.2 Å². The molecule has 0 aliphatic carbocycles. The Balaban J connectivity index is 1.93. The molecule has 1 aromatic carbocycles. The standard InChI is InChI=1S/C17H24N2O4S/c1-23-16-8-7-14(13-15(16)17(20)18-9-6-10-18)24(21,22)19-11-4-2-3-5-12-19/h7-8,13H,2-6,9-12H2,1H3. The quantitative estimate of drug-likeness (QED) is 0.832. The largest absolute Gasteiger partial charge is 0.496 e. The topological polar surface area (TPSA) is 66.9 Å². The van der Waals surface area contributed by atoms with Crippen LogP contribution < -0.4 is 4.74 Å². The van der Waals surface area contributed by atoms with Gasteiger partial charge in [-0.3, -0.25) is 4.79 Å². The lowest BCUT2D eigenvalue weighted by molar-refractivity contribution is 0.0648. The van der Waals surface area contributed by atoms with Gasteiger partial charge in [0.1, 0.15) is 5.75 Å². The molecule has 1 amide bonds. The van der Waals surface area contributed by atoms with Gasteiger partial charge in [-0.1, -0.05) is 12.8 Å². The van der Waals surface area contributed by atoms with Gasteiger partial charge in [0.25, 0.3) is 5.91 Å². The second-order valence-electron chi connectivity index (χ2n) is 6.33. The summed E-state index contributed by atoms with van der Waals surface area (Å²) in [5.74, 6) is 0.257. The SMILES string of the molecule is COc1ccc(S(=O)(=O)N2CCCCCC2)cc1C(=O)N1CCC1. The number of rotatable bonds is 4. The second-order valence-corrected chi connectivity index (χ2v) is 8.26. The third-order valence-electron chi connectivity index (χ3n) is 4.75. The summed E-state index contributed by atoms with van der Waals surface area (Å²) in [6.45, 7) is 2.52. The highest BCUT2D eigenvalue weighted by Crippen LogP contribution is 2.28. The molecule has 0 saturated carbocycles. The maximum absolute atomic E-state index is 12.9. The van der Waals surface area contributed by atoms with Crippen molar-refractivity contribution in [1.82, 2.24) is 9.21 Å². The highest BCUT2D eigenvalue weighted by Gasteiger charge is 2.29. The Labute approximate surface area is 143 Å². The summed E-state index contributed by atoms with van der Waals surface area (Å²) in [6, 6.07) is 4.59. The van der Waals surface area contributed by atoms with Crippen LogP contribution >= 0.6 is 0 Å². The lowest BCUT2D eigenvalue weighted by atomic mass is 10.1.